The molecular weight excluding hydrogens is 1710 g/mol. The van der Waals surface area contributed by atoms with Crippen molar-refractivity contribution >= 4 is 117 Å². The lowest BCUT2D eigenvalue weighted by Gasteiger charge is -2.37. The zero-order valence-electron chi connectivity index (χ0n) is 76.3. The van der Waals surface area contributed by atoms with Gasteiger partial charge in [0.05, 0.1) is 30.8 Å². The summed E-state index contributed by atoms with van der Waals surface area (Å²) in [7, 11) is 6.85. The zero-order chi connectivity index (χ0) is 95.7. The summed E-state index contributed by atoms with van der Waals surface area (Å²) in [4.78, 5) is 246. The highest BCUT2D eigenvalue weighted by Crippen LogP contribution is 2.30. The second-order valence-corrected chi connectivity index (χ2v) is 35.9. The van der Waals surface area contributed by atoms with Gasteiger partial charge in [0, 0.05) is 128 Å². The molecule has 0 unspecified atom stereocenters. The van der Waals surface area contributed by atoms with Crippen molar-refractivity contribution in [3.8, 4) is 11.5 Å². The number of carbonyl (C=O) groups is 16. The lowest BCUT2D eigenvalue weighted by atomic mass is 9.84. The van der Waals surface area contributed by atoms with Gasteiger partial charge < -0.3 is 82.1 Å². The molecule has 0 radical (unpaired) electrons. The number of primary amides is 1. The molecule has 0 spiro atoms. The predicted octanol–water partition coefficient (Wildman–Crippen LogP) is 6.36. The zero-order valence-corrected chi connectivity index (χ0v) is 77.1. The summed E-state index contributed by atoms with van der Waals surface area (Å²) in [5, 5.41) is 38.6. The van der Waals surface area contributed by atoms with E-state index >= 15 is 43.2 Å². The van der Waals surface area contributed by atoms with Crippen molar-refractivity contribution in [2.45, 2.75) is 197 Å². The largest absolute Gasteiger partial charge is 0.508 e. The lowest BCUT2D eigenvalue weighted by Crippen LogP contribution is -2.59. The number of unbranched alkanes of at least 4 members (excludes halogenated alkanes) is 1. The van der Waals surface area contributed by atoms with Crippen molar-refractivity contribution in [2.24, 2.45) is 29.4 Å². The number of ether oxygens (including phenoxy) is 1. The maximum Gasteiger partial charge on any atom is 0.293 e. The van der Waals surface area contributed by atoms with Crippen LogP contribution in [0.4, 0.5) is 0 Å². The normalized spacial score (nSPS) is 22.6. The third-order valence-corrected chi connectivity index (χ3v) is 25.5. The van der Waals surface area contributed by atoms with Crippen LogP contribution in [0.15, 0.2) is 170 Å². The number of aromatic nitrogens is 1. The predicted molar refractivity (Wildman–Crippen MR) is 497 cm³/mol. The van der Waals surface area contributed by atoms with Crippen LogP contribution in [0.25, 0.3) is 10.9 Å². The maximum absolute atomic E-state index is 15.6. The molecule has 1 saturated heterocycles. The molecule has 6 aromatic carbocycles. The molecule has 2 aliphatic rings. The first kappa shape index (κ1) is 103. The average molecular weight is 1830 g/mol. The second kappa shape index (κ2) is 50.9. The number of hydrogen-bond donors (Lipinski definition) is 10. The van der Waals surface area contributed by atoms with Crippen molar-refractivity contribution in [1.82, 2.24) is 61.4 Å². The van der Waals surface area contributed by atoms with Crippen molar-refractivity contribution in [3.05, 3.63) is 203 Å². The number of aromatic hydroxyl groups is 2. The third-order valence-electron chi connectivity index (χ3n) is 24.5. The number of hydrogen-bond acceptors (Lipinski definition) is 20. The van der Waals surface area contributed by atoms with Crippen LogP contribution in [0.2, 0.25) is 0 Å². The number of carbonyl (C=O) groups excluding carboxylic acids is 16. The van der Waals surface area contributed by atoms with E-state index in [9.17, 15) is 43.8 Å². The summed E-state index contributed by atoms with van der Waals surface area (Å²) in [6, 6.07) is 32.1. The van der Waals surface area contributed by atoms with E-state index in [-0.39, 0.29) is 81.0 Å². The van der Waals surface area contributed by atoms with Gasteiger partial charge in [0.25, 0.3) is 6.47 Å². The highest BCUT2D eigenvalue weighted by Gasteiger charge is 2.43. The summed E-state index contributed by atoms with van der Waals surface area (Å²) in [5.74, 6) is -15.8. The summed E-state index contributed by atoms with van der Waals surface area (Å²) < 4.78 is 5.17. The molecule has 132 heavy (non-hydrogen) atoms. The molecule has 1 saturated carbocycles. The van der Waals surface area contributed by atoms with Gasteiger partial charge in [0.15, 0.2) is 11.6 Å². The van der Waals surface area contributed by atoms with E-state index in [0.717, 1.165) is 40.8 Å². The van der Waals surface area contributed by atoms with Crippen LogP contribution in [0.5, 0.6) is 11.5 Å². The molecule has 9 rings (SSSR count). The molecule has 2 fully saturated rings. The van der Waals surface area contributed by atoms with E-state index < -0.39 is 211 Å². The van der Waals surface area contributed by atoms with E-state index in [2.05, 4.69) is 36.9 Å². The minimum Gasteiger partial charge on any atom is -0.508 e. The minimum atomic E-state index is -1.56. The molecular formula is C99H125N13O19S. The SMILES string of the molecule is CCCC[C@H]1C(=O)N(C)CC(=O)C[C@@H](COC=O)C(=O)C[C@@H](C(C)C)C(=O)N(C)[C@@H](Cc2ccccc2)C(=O)N[C@@H](Cc2ccc(O)cc2)C(=O)N(C)CC(=O)N[C@@H](Cc2c[nH]c3ccccc23)C(=O)N[C@@H](Cc2ccc(O)cc2)C(=O)N[C@@H](CC2CCCCC2)C(=O)N[C@H](C(=O)CCC(N)=O)CSCC(=O)N[C@@H](Cc2ccccc2)C(=O)N(C)[C@@H](Cc2ccccc2)C(=O)N1C. The monoisotopic (exact) mass is 1830 g/mol. The Morgan fingerprint density at radius 2 is 0.992 bits per heavy atom. The Kier molecular flexibility index (Phi) is 39.6. The molecule has 33 heteroatoms. The number of aromatic amines is 1. The molecule has 2 heterocycles. The van der Waals surface area contributed by atoms with Crippen molar-refractivity contribution in [1.29, 1.82) is 0 Å². The number of amides is 12. The highest BCUT2D eigenvalue weighted by molar-refractivity contribution is 8.00. The number of para-hydroxylation sites is 1. The van der Waals surface area contributed by atoms with Gasteiger partial charge in [-0.1, -0.05) is 199 Å². The molecule has 1 aliphatic carbocycles. The van der Waals surface area contributed by atoms with Crippen LogP contribution in [-0.2, 0) is 120 Å². The number of nitrogens with zero attached hydrogens (tertiary/aromatic N) is 5. The van der Waals surface area contributed by atoms with E-state index in [4.69, 9.17) is 10.5 Å². The van der Waals surface area contributed by atoms with Crippen molar-refractivity contribution in [2.75, 3.05) is 66.4 Å². The number of fused-ring (bicyclic) bond motifs is 1. The number of rotatable bonds is 25. The van der Waals surface area contributed by atoms with Gasteiger partial charge in [0.2, 0.25) is 70.9 Å². The smallest absolute Gasteiger partial charge is 0.293 e. The fraction of sp³-hybridized carbons (Fsp3) is 0.455. The van der Waals surface area contributed by atoms with Gasteiger partial charge in [-0.05, 0) is 88.4 Å². The third kappa shape index (κ3) is 30.8. The Hall–Kier alpha value is -13.1. The van der Waals surface area contributed by atoms with E-state index in [1.165, 1.54) is 98.5 Å². The molecule has 11 atom stereocenters. The quantitative estimate of drug-likeness (QED) is 0.0278. The van der Waals surface area contributed by atoms with Crippen LogP contribution in [0.1, 0.15) is 138 Å². The molecule has 0 bridgehead atoms. The molecule has 32 nitrogen and oxygen atoms in total. The number of H-pyrrole nitrogens is 1. The van der Waals surface area contributed by atoms with E-state index in [1.807, 2.05) is 6.92 Å². The number of Topliss-reactive ketones (excluding diaryl/α,β-unsaturated/α-hetero) is 3. The number of likely N-dealkylation sites (N-methyl/N-ethyl adjacent to an activating group) is 5. The average Bonchev–Trinajstić information content (AvgIpc) is 1.39. The summed E-state index contributed by atoms with van der Waals surface area (Å²) >= 11 is 0.904. The second-order valence-electron chi connectivity index (χ2n) is 34.9. The van der Waals surface area contributed by atoms with Gasteiger partial charge in [-0.25, -0.2) is 0 Å². The summed E-state index contributed by atoms with van der Waals surface area (Å²) in [5.41, 5.74) is 9.47. The molecule has 11 N–H and O–H groups in total. The van der Waals surface area contributed by atoms with Crippen LogP contribution in [0, 0.1) is 23.7 Å². The summed E-state index contributed by atoms with van der Waals surface area (Å²) in [6.07, 6.45) is 3.54. The first-order chi connectivity index (χ1) is 63.2. The fourth-order valence-electron chi connectivity index (χ4n) is 16.8. The number of phenolic OH excluding ortho intramolecular Hbond substituents is 2. The van der Waals surface area contributed by atoms with Gasteiger partial charge in [-0.2, -0.15) is 0 Å². The van der Waals surface area contributed by atoms with Gasteiger partial charge >= 0.3 is 0 Å². The molecule has 1 aliphatic heterocycles. The highest BCUT2D eigenvalue weighted by atomic mass is 32.2. The number of ketones is 3. The van der Waals surface area contributed by atoms with Gasteiger partial charge in [-0.3, -0.25) is 76.7 Å². The topological polar surface area (TPSA) is 453 Å². The Labute approximate surface area is 774 Å². The fourth-order valence-corrected chi connectivity index (χ4v) is 17.7. The summed E-state index contributed by atoms with van der Waals surface area (Å²) in [6.45, 7) is 3.37. The first-order valence-electron chi connectivity index (χ1n) is 45.0. The molecule has 12 amide bonds. The first-order valence-corrected chi connectivity index (χ1v) is 46.2. The van der Waals surface area contributed by atoms with Crippen LogP contribution in [-0.4, -0.2) is 255 Å². The Balaban J connectivity index is 1.12. The molecule has 706 valence electrons. The Morgan fingerprint density at radius 1 is 0.500 bits per heavy atom. The van der Waals surface area contributed by atoms with E-state index in [1.54, 1.807) is 135 Å². The molecule has 1 aromatic heterocycles. The number of nitrogens with one attached hydrogen (secondary N) is 7. The van der Waals surface area contributed by atoms with Crippen LogP contribution in [0.3, 0.4) is 0 Å². The van der Waals surface area contributed by atoms with Gasteiger partial charge in [-0.15, -0.1) is 11.8 Å². The maximum atomic E-state index is 15.6. The van der Waals surface area contributed by atoms with Crippen LogP contribution >= 0.6 is 11.8 Å². The lowest BCUT2D eigenvalue weighted by molar-refractivity contribution is -0.151. The number of nitrogens with two attached hydrogens (primary N) is 1. The number of thioether (sulfide) groups is 1. The Bertz CT molecular complexity index is 5120. The minimum absolute atomic E-state index is 0.0478. The van der Waals surface area contributed by atoms with Gasteiger partial charge in [0.1, 0.15) is 72.2 Å². The molecule has 7 aromatic rings. The standard InChI is InChI=1S/C99H125N13O19S/c1-9-10-35-83-98(129)108(4)56-73(116)52-70(58-131-61-113)87(118)54-75(62(2)3)95(126)111(7)84(50-65-29-19-13-20-30-65)94(125)106-80(49-68-38-42-72(115)43-39-68)96(127)109(5)57-89(120)102-79(53-69-55-101-76-34-24-23-33-74(69)76)93(124)105-78(47-67-36-40-71(114)41-37-67)91(122)104-77(46-63-25-15-11-16-26-63)92(123)107-82(86(117)44-45-88(100)119)59-132-60-90(121)103-81(48-64-27-17-12-18-28-64)97(128)112(8)85(99(130)110(83)6)51-66-31-21-14-22-32-66/h12-14,17-24,27-34,36-43,55,61-63,70,75,77-85,101,114-115H,9-11,15-16,25-26,35,44-54,56-60H2,1-8H3,(H2,100,119)(H,102,120)(H,103,121)(H,104,122)(H,105,124)(H,106,125)(H,107,123)/t70-,75-,77-,78-,79-,80-,81-,82-,83-,84-,85-/m0/s1. The van der Waals surface area contributed by atoms with Crippen molar-refractivity contribution in [3.63, 3.8) is 0 Å². The van der Waals surface area contributed by atoms with Crippen molar-refractivity contribution < 1.29 is 91.7 Å². The number of benzene rings is 6. The van der Waals surface area contributed by atoms with Crippen LogP contribution < -0.4 is 37.6 Å². The van der Waals surface area contributed by atoms with E-state index in [0.29, 0.717) is 70.0 Å². The Morgan fingerprint density at radius 3 is 1.57 bits per heavy atom. The number of phenols is 2.